The Balaban J connectivity index is 1.64. The molecule has 0 fully saturated rings. The zero-order valence-corrected chi connectivity index (χ0v) is 26.6. The van der Waals surface area contributed by atoms with Crippen LogP contribution >= 0.6 is 0 Å². The van der Waals surface area contributed by atoms with Gasteiger partial charge in [0.2, 0.25) is 0 Å². The molecule has 0 bridgehead atoms. The van der Waals surface area contributed by atoms with Crippen LogP contribution < -0.4 is 16.0 Å². The number of H-pyrrole nitrogens is 1. The Morgan fingerprint density at radius 2 is 1.69 bits per heavy atom. The van der Waals surface area contributed by atoms with Crippen LogP contribution in [-0.2, 0) is 48.0 Å². The summed E-state index contributed by atoms with van der Waals surface area (Å²) in [5, 5.41) is 4.79. The van der Waals surface area contributed by atoms with Gasteiger partial charge in [-0.15, -0.1) is 0 Å². The number of rotatable bonds is 9. The fraction of sp³-hybridized carbons (Fsp3) is 0.343. The number of esters is 2. The number of hydrogen-bond donors (Lipinski definition) is 2. The van der Waals surface area contributed by atoms with Gasteiger partial charge in [0.15, 0.2) is 0 Å². The second-order valence-corrected chi connectivity index (χ2v) is 11.4. The summed E-state index contributed by atoms with van der Waals surface area (Å²) in [6.07, 6.45) is 9.52. The predicted octanol–water partition coefficient (Wildman–Crippen LogP) is 2.93. The van der Waals surface area contributed by atoms with E-state index in [0.29, 0.717) is 41.9 Å². The quantitative estimate of drug-likeness (QED) is 0.420. The first kappa shape index (κ1) is 31.4. The fourth-order valence-electron chi connectivity index (χ4n) is 6.31. The molecule has 0 unspecified atom stereocenters. The maximum atomic E-state index is 12.7. The lowest BCUT2D eigenvalue weighted by molar-refractivity contribution is -0.141. The molecule has 10 nitrogen and oxygen atoms in total. The zero-order valence-electron chi connectivity index (χ0n) is 26.6. The molecule has 0 atom stereocenters. The highest BCUT2D eigenvalue weighted by atomic mass is 16.5. The van der Waals surface area contributed by atoms with E-state index < -0.39 is 0 Å². The van der Waals surface area contributed by atoms with E-state index in [9.17, 15) is 19.2 Å². The van der Waals surface area contributed by atoms with E-state index in [1.807, 2.05) is 19.1 Å². The lowest BCUT2D eigenvalue weighted by atomic mass is 10.00. The van der Waals surface area contributed by atoms with Crippen LogP contribution in [0, 0.1) is 13.8 Å². The Morgan fingerprint density at radius 3 is 2.36 bits per heavy atom. The van der Waals surface area contributed by atoms with Gasteiger partial charge in [0, 0.05) is 58.2 Å². The molecule has 234 valence electrons. The molecule has 10 heteroatoms. The first-order valence-electron chi connectivity index (χ1n) is 14.9. The Morgan fingerprint density at radius 1 is 1.00 bits per heavy atom. The van der Waals surface area contributed by atoms with Crippen molar-refractivity contribution >= 4 is 47.7 Å². The molecule has 0 aliphatic carbocycles. The first-order valence-corrected chi connectivity index (χ1v) is 14.9. The van der Waals surface area contributed by atoms with Crippen LogP contribution in [0.15, 0.2) is 45.6 Å². The number of methoxy groups -OCH3 is 2. The van der Waals surface area contributed by atoms with Crippen molar-refractivity contribution in [1.82, 2.24) is 14.9 Å². The molecule has 3 aliphatic heterocycles. The molecule has 2 aromatic rings. The van der Waals surface area contributed by atoms with Crippen molar-refractivity contribution in [3.05, 3.63) is 85.0 Å². The fourth-order valence-corrected chi connectivity index (χ4v) is 6.31. The molecule has 0 radical (unpaired) electrons. The SMILES string of the molecule is C=CC1=C(C)C(=O)N/C1=C\c1[nH]c2c(c1C)CCn1c(c(C)c(CCC(=O)OC)/c1=C\C1=NC(=O)C(C)=C1CCC(=O)OC)=C2. The number of fused-ring (bicyclic) bond motifs is 2. The molecular weight excluding hydrogens is 572 g/mol. The Bertz CT molecular complexity index is 1930. The third-order valence-corrected chi connectivity index (χ3v) is 9.01. The van der Waals surface area contributed by atoms with Gasteiger partial charge in [-0.1, -0.05) is 12.7 Å². The summed E-state index contributed by atoms with van der Waals surface area (Å²) >= 11 is 0. The lowest BCUT2D eigenvalue weighted by Crippen LogP contribution is -2.29. The van der Waals surface area contributed by atoms with Crippen molar-refractivity contribution < 1.29 is 28.7 Å². The van der Waals surface area contributed by atoms with Crippen LogP contribution in [-0.4, -0.2) is 53.2 Å². The van der Waals surface area contributed by atoms with E-state index in [2.05, 4.69) is 39.4 Å². The summed E-state index contributed by atoms with van der Waals surface area (Å²) < 4.78 is 12.0. The average Bonchev–Trinajstić information content (AvgIpc) is 3.59. The topological polar surface area (TPSA) is 132 Å². The normalized spacial score (nSPS) is 17.2. The van der Waals surface area contributed by atoms with E-state index in [-0.39, 0.29) is 36.6 Å². The molecule has 5 heterocycles. The van der Waals surface area contributed by atoms with Crippen LogP contribution in [0.2, 0.25) is 0 Å². The summed E-state index contributed by atoms with van der Waals surface area (Å²) in [6, 6.07) is 0. The van der Waals surface area contributed by atoms with E-state index in [1.54, 1.807) is 19.9 Å². The van der Waals surface area contributed by atoms with Gasteiger partial charge in [0.05, 0.1) is 25.6 Å². The van der Waals surface area contributed by atoms with Gasteiger partial charge in [0.25, 0.3) is 11.8 Å². The standard InChI is InChI=1S/C35H38N4O6/c1-8-22-20(4)34(42)37-27(22)15-26-18(2)24-13-14-39-30(16-28(24)36-26)19(3)25(10-12-33(41)45-7)31(39)17-29-23(9-11-32(40)44-6)21(5)35(43)38-29/h8,15-17,36H,1,9-14H2,2-7H3,(H,37,42)/b27-15-,31-17+. The number of aliphatic imine (C=N–C) groups is 1. The number of aromatic amines is 1. The molecule has 45 heavy (non-hydrogen) atoms. The highest BCUT2D eigenvalue weighted by Gasteiger charge is 2.26. The molecule has 2 N–H and O–H groups in total. The van der Waals surface area contributed by atoms with Gasteiger partial charge in [-0.05, 0) is 93.0 Å². The largest absolute Gasteiger partial charge is 0.469 e. The first-order chi connectivity index (χ1) is 21.5. The average molecular weight is 611 g/mol. The Kier molecular flexibility index (Phi) is 8.77. The van der Waals surface area contributed by atoms with Gasteiger partial charge in [-0.3, -0.25) is 19.2 Å². The number of aromatic nitrogens is 2. The van der Waals surface area contributed by atoms with Gasteiger partial charge in [-0.25, -0.2) is 4.99 Å². The zero-order chi connectivity index (χ0) is 32.6. The minimum absolute atomic E-state index is 0.128. The van der Waals surface area contributed by atoms with Crippen LogP contribution in [0.25, 0.3) is 18.2 Å². The second-order valence-electron chi connectivity index (χ2n) is 11.4. The molecule has 0 saturated heterocycles. The highest BCUT2D eigenvalue weighted by molar-refractivity contribution is 6.31. The van der Waals surface area contributed by atoms with Gasteiger partial charge < -0.3 is 24.3 Å². The number of amides is 2. The van der Waals surface area contributed by atoms with Crippen LogP contribution in [0.1, 0.15) is 66.8 Å². The number of carbonyl (C=O) groups is 4. The molecule has 3 aliphatic rings. The van der Waals surface area contributed by atoms with E-state index >= 15 is 0 Å². The summed E-state index contributed by atoms with van der Waals surface area (Å²) in [7, 11) is 2.71. The second kappa shape index (κ2) is 12.6. The van der Waals surface area contributed by atoms with Crippen LogP contribution in [0.5, 0.6) is 0 Å². The van der Waals surface area contributed by atoms with Crippen molar-refractivity contribution in [2.75, 3.05) is 14.2 Å². The van der Waals surface area contributed by atoms with E-state index in [1.165, 1.54) is 19.8 Å². The van der Waals surface area contributed by atoms with Crippen LogP contribution in [0.3, 0.4) is 0 Å². The molecule has 0 saturated carbocycles. The predicted molar refractivity (Wildman–Crippen MR) is 171 cm³/mol. The lowest BCUT2D eigenvalue weighted by Gasteiger charge is -2.08. The van der Waals surface area contributed by atoms with Crippen molar-refractivity contribution in [2.45, 2.75) is 66.3 Å². The van der Waals surface area contributed by atoms with Crippen LogP contribution in [0.4, 0.5) is 0 Å². The van der Waals surface area contributed by atoms with Gasteiger partial charge in [0.1, 0.15) is 0 Å². The van der Waals surface area contributed by atoms with E-state index in [0.717, 1.165) is 56.3 Å². The molecule has 2 aromatic heterocycles. The summed E-state index contributed by atoms with van der Waals surface area (Å²) in [5.41, 5.74) is 10.0. The van der Waals surface area contributed by atoms with Crippen molar-refractivity contribution in [3.63, 3.8) is 0 Å². The monoisotopic (exact) mass is 610 g/mol. The molecule has 0 aromatic carbocycles. The molecular formula is C35H38N4O6. The summed E-state index contributed by atoms with van der Waals surface area (Å²) in [6.45, 7) is 12.1. The third kappa shape index (κ3) is 5.80. The summed E-state index contributed by atoms with van der Waals surface area (Å²) in [4.78, 5) is 57.0. The third-order valence-electron chi connectivity index (χ3n) is 9.01. The smallest absolute Gasteiger partial charge is 0.305 e. The molecule has 5 rings (SSSR count). The Labute approximate surface area is 261 Å². The number of ether oxygens (including phenoxy) is 2. The minimum atomic E-state index is -0.358. The summed E-state index contributed by atoms with van der Waals surface area (Å²) in [5.74, 6) is -1.12. The number of nitrogens with one attached hydrogen (secondary N) is 2. The highest BCUT2D eigenvalue weighted by Crippen LogP contribution is 2.28. The number of hydrogen-bond acceptors (Lipinski definition) is 6. The minimum Gasteiger partial charge on any atom is -0.469 e. The molecule has 2 amide bonds. The molecule has 0 spiro atoms. The van der Waals surface area contributed by atoms with Gasteiger partial charge in [-0.2, -0.15) is 0 Å². The maximum Gasteiger partial charge on any atom is 0.305 e. The maximum absolute atomic E-state index is 12.7. The van der Waals surface area contributed by atoms with Crippen molar-refractivity contribution in [3.8, 4) is 0 Å². The number of carbonyl (C=O) groups excluding carboxylic acids is 4. The van der Waals surface area contributed by atoms with Gasteiger partial charge >= 0.3 is 11.9 Å². The number of allylic oxidation sites excluding steroid dienone is 2. The van der Waals surface area contributed by atoms with Crippen molar-refractivity contribution in [2.24, 2.45) is 4.99 Å². The number of nitrogens with zero attached hydrogens (tertiary/aromatic N) is 2. The Hall–Kier alpha value is -4.99. The van der Waals surface area contributed by atoms with E-state index in [4.69, 9.17) is 9.47 Å². The van der Waals surface area contributed by atoms with Crippen molar-refractivity contribution in [1.29, 1.82) is 0 Å².